The maximum Gasteiger partial charge on any atom is 0.412 e. The Balaban J connectivity index is 1.96. The highest BCUT2D eigenvalue weighted by Gasteiger charge is 2.10. The maximum atomic E-state index is 11.7. The van der Waals surface area contributed by atoms with Crippen molar-refractivity contribution < 1.29 is 14.3 Å². The number of anilines is 1. The first-order chi connectivity index (χ1) is 9.69. The number of pyridine rings is 1. The van der Waals surface area contributed by atoms with Crippen molar-refractivity contribution in [3.63, 3.8) is 0 Å². The monoisotopic (exact) mass is 272 g/mol. The first-order valence-corrected chi connectivity index (χ1v) is 6.17. The van der Waals surface area contributed by atoms with Crippen LogP contribution in [-0.2, 0) is 11.3 Å². The molecule has 0 bridgehead atoms. The molecule has 0 fully saturated rings. The van der Waals surface area contributed by atoms with Gasteiger partial charge in [-0.25, -0.2) is 9.78 Å². The minimum Gasteiger partial charge on any atom is -0.480 e. The highest BCUT2D eigenvalue weighted by Crippen LogP contribution is 2.22. The zero-order valence-corrected chi connectivity index (χ0v) is 11.4. The zero-order chi connectivity index (χ0) is 14.4. The lowest BCUT2D eigenvalue weighted by Gasteiger charge is -2.10. The minimum atomic E-state index is -0.542. The highest BCUT2D eigenvalue weighted by molar-refractivity contribution is 5.86. The SMILES string of the molecule is COc1ncc(C)cc1NC(=O)OCc1ccccc1. The summed E-state index contributed by atoms with van der Waals surface area (Å²) in [5.41, 5.74) is 2.34. The zero-order valence-electron chi connectivity index (χ0n) is 11.4. The molecule has 0 aliphatic rings. The molecule has 1 heterocycles. The average molecular weight is 272 g/mol. The number of ether oxygens (including phenoxy) is 2. The Labute approximate surface area is 117 Å². The largest absolute Gasteiger partial charge is 0.480 e. The van der Waals surface area contributed by atoms with Gasteiger partial charge in [-0.1, -0.05) is 30.3 Å². The van der Waals surface area contributed by atoms with E-state index in [2.05, 4.69) is 10.3 Å². The summed E-state index contributed by atoms with van der Waals surface area (Å²) >= 11 is 0. The van der Waals surface area contributed by atoms with Gasteiger partial charge >= 0.3 is 6.09 Å². The Morgan fingerprint density at radius 1 is 1.30 bits per heavy atom. The smallest absolute Gasteiger partial charge is 0.412 e. The van der Waals surface area contributed by atoms with Gasteiger partial charge in [0.25, 0.3) is 0 Å². The van der Waals surface area contributed by atoms with Gasteiger partial charge in [0.2, 0.25) is 5.88 Å². The first kappa shape index (κ1) is 13.9. The van der Waals surface area contributed by atoms with Crippen molar-refractivity contribution >= 4 is 11.8 Å². The van der Waals surface area contributed by atoms with Crippen LogP contribution in [0.3, 0.4) is 0 Å². The van der Waals surface area contributed by atoms with Crippen molar-refractivity contribution in [3.05, 3.63) is 53.7 Å². The summed E-state index contributed by atoms with van der Waals surface area (Å²) in [5.74, 6) is 0.354. The van der Waals surface area contributed by atoms with Gasteiger partial charge in [0, 0.05) is 6.20 Å². The lowest BCUT2D eigenvalue weighted by atomic mass is 10.2. The average Bonchev–Trinajstić information content (AvgIpc) is 2.46. The number of hydrogen-bond donors (Lipinski definition) is 1. The molecular weight excluding hydrogens is 256 g/mol. The van der Waals surface area contributed by atoms with Crippen molar-refractivity contribution in [3.8, 4) is 5.88 Å². The molecule has 104 valence electrons. The molecule has 5 heteroatoms. The number of nitrogens with zero attached hydrogens (tertiary/aromatic N) is 1. The second kappa shape index (κ2) is 6.56. The molecule has 20 heavy (non-hydrogen) atoms. The minimum absolute atomic E-state index is 0.217. The van der Waals surface area contributed by atoms with Gasteiger partial charge in [-0.15, -0.1) is 0 Å². The van der Waals surface area contributed by atoms with Crippen LogP contribution in [0.5, 0.6) is 5.88 Å². The van der Waals surface area contributed by atoms with E-state index < -0.39 is 6.09 Å². The third-order valence-corrected chi connectivity index (χ3v) is 2.63. The molecule has 0 aliphatic heterocycles. The summed E-state index contributed by atoms with van der Waals surface area (Å²) in [7, 11) is 1.50. The Kier molecular flexibility index (Phi) is 4.55. The summed E-state index contributed by atoms with van der Waals surface area (Å²) in [6.45, 7) is 2.10. The number of carbonyl (C=O) groups excluding carboxylic acids is 1. The van der Waals surface area contributed by atoms with E-state index in [-0.39, 0.29) is 6.61 Å². The van der Waals surface area contributed by atoms with Gasteiger partial charge < -0.3 is 9.47 Å². The molecule has 0 spiro atoms. The summed E-state index contributed by atoms with van der Waals surface area (Å²) in [4.78, 5) is 15.8. The normalized spacial score (nSPS) is 9.90. The van der Waals surface area contributed by atoms with E-state index in [0.717, 1.165) is 11.1 Å². The third-order valence-electron chi connectivity index (χ3n) is 2.63. The van der Waals surface area contributed by atoms with Crippen molar-refractivity contribution in [1.82, 2.24) is 4.98 Å². The molecule has 0 unspecified atom stereocenters. The van der Waals surface area contributed by atoms with Gasteiger partial charge in [0.15, 0.2) is 0 Å². The molecular formula is C15H16N2O3. The number of amides is 1. The second-order valence-electron chi connectivity index (χ2n) is 4.26. The number of rotatable bonds is 4. The fourth-order valence-corrected chi connectivity index (χ4v) is 1.68. The second-order valence-corrected chi connectivity index (χ2v) is 4.26. The van der Waals surface area contributed by atoms with Crippen molar-refractivity contribution in [1.29, 1.82) is 0 Å². The van der Waals surface area contributed by atoms with Crippen molar-refractivity contribution in [2.24, 2.45) is 0 Å². The fraction of sp³-hybridized carbons (Fsp3) is 0.200. The third kappa shape index (κ3) is 3.71. The van der Waals surface area contributed by atoms with E-state index in [1.165, 1.54) is 7.11 Å². The standard InChI is InChI=1S/C15H16N2O3/c1-11-8-13(14(19-2)16-9-11)17-15(18)20-10-12-6-4-3-5-7-12/h3-9H,10H2,1-2H3,(H,17,18). The van der Waals surface area contributed by atoms with Crippen LogP contribution in [-0.4, -0.2) is 18.2 Å². The van der Waals surface area contributed by atoms with Gasteiger partial charge in [0.05, 0.1) is 7.11 Å². The quantitative estimate of drug-likeness (QED) is 0.928. The molecule has 0 aliphatic carbocycles. The Morgan fingerprint density at radius 3 is 2.75 bits per heavy atom. The van der Waals surface area contributed by atoms with Gasteiger partial charge in [-0.3, -0.25) is 5.32 Å². The van der Waals surface area contributed by atoms with Crippen molar-refractivity contribution in [2.45, 2.75) is 13.5 Å². The maximum absolute atomic E-state index is 11.7. The summed E-state index contributed by atoms with van der Waals surface area (Å²) in [6, 6.07) is 11.3. The predicted molar refractivity (Wildman–Crippen MR) is 75.8 cm³/mol. The number of nitrogens with one attached hydrogen (secondary N) is 1. The molecule has 2 aromatic rings. The number of carbonyl (C=O) groups is 1. The van der Waals surface area contributed by atoms with Crippen LogP contribution in [0, 0.1) is 6.92 Å². The Morgan fingerprint density at radius 2 is 2.05 bits per heavy atom. The van der Waals surface area contributed by atoms with E-state index >= 15 is 0 Å². The molecule has 1 aromatic heterocycles. The molecule has 1 N–H and O–H groups in total. The summed E-state index contributed by atoms with van der Waals surface area (Å²) in [6.07, 6.45) is 1.12. The fourth-order valence-electron chi connectivity index (χ4n) is 1.68. The van der Waals surface area contributed by atoms with Gasteiger partial charge in [-0.2, -0.15) is 0 Å². The van der Waals surface area contributed by atoms with E-state index in [4.69, 9.17) is 9.47 Å². The topological polar surface area (TPSA) is 60.5 Å². The Bertz CT molecular complexity index is 585. The number of hydrogen-bond acceptors (Lipinski definition) is 4. The molecule has 0 atom stereocenters. The van der Waals surface area contributed by atoms with E-state index in [1.807, 2.05) is 37.3 Å². The van der Waals surface area contributed by atoms with Crippen LogP contribution in [0.1, 0.15) is 11.1 Å². The first-order valence-electron chi connectivity index (χ1n) is 6.17. The van der Waals surface area contributed by atoms with Crippen LogP contribution in [0.4, 0.5) is 10.5 Å². The lowest BCUT2D eigenvalue weighted by molar-refractivity contribution is 0.155. The van der Waals surface area contributed by atoms with Gasteiger partial charge in [-0.05, 0) is 24.1 Å². The molecule has 1 aromatic carbocycles. The van der Waals surface area contributed by atoms with Crippen LogP contribution in [0.25, 0.3) is 0 Å². The van der Waals surface area contributed by atoms with E-state index in [9.17, 15) is 4.79 Å². The number of benzene rings is 1. The Hall–Kier alpha value is -2.56. The summed E-state index contributed by atoms with van der Waals surface area (Å²) in [5, 5.41) is 2.62. The van der Waals surface area contributed by atoms with E-state index in [0.29, 0.717) is 11.6 Å². The molecule has 0 radical (unpaired) electrons. The number of aromatic nitrogens is 1. The van der Waals surface area contributed by atoms with Crippen LogP contribution < -0.4 is 10.1 Å². The molecule has 5 nitrogen and oxygen atoms in total. The predicted octanol–water partition coefficient (Wildman–Crippen LogP) is 3.15. The highest BCUT2D eigenvalue weighted by atomic mass is 16.5. The summed E-state index contributed by atoms with van der Waals surface area (Å²) < 4.78 is 10.2. The number of methoxy groups -OCH3 is 1. The van der Waals surface area contributed by atoms with Crippen LogP contribution >= 0.6 is 0 Å². The van der Waals surface area contributed by atoms with Crippen LogP contribution in [0.15, 0.2) is 42.6 Å². The van der Waals surface area contributed by atoms with Crippen LogP contribution in [0.2, 0.25) is 0 Å². The molecule has 2 rings (SSSR count). The van der Waals surface area contributed by atoms with Gasteiger partial charge in [0.1, 0.15) is 12.3 Å². The number of aryl methyl sites for hydroxylation is 1. The van der Waals surface area contributed by atoms with Crippen molar-refractivity contribution in [2.75, 3.05) is 12.4 Å². The van der Waals surface area contributed by atoms with E-state index in [1.54, 1.807) is 12.3 Å². The lowest BCUT2D eigenvalue weighted by Crippen LogP contribution is -2.14. The molecule has 1 amide bonds. The molecule has 0 saturated carbocycles. The molecule has 0 saturated heterocycles.